The van der Waals surface area contributed by atoms with Crippen LogP contribution in [0.25, 0.3) is 11.1 Å². The summed E-state index contributed by atoms with van der Waals surface area (Å²) in [5, 5.41) is 12.4. The lowest BCUT2D eigenvalue weighted by Gasteiger charge is -2.24. The number of aliphatic carboxylic acids is 1. The quantitative estimate of drug-likeness (QED) is 0.481. The lowest BCUT2D eigenvalue weighted by Crippen LogP contribution is -2.41. The number of fused-ring (bicyclic) bond motifs is 3. The van der Waals surface area contributed by atoms with Crippen LogP contribution in [0, 0.1) is 6.92 Å². The number of carboxylic acid groups (broad SMARTS) is 1. The van der Waals surface area contributed by atoms with Crippen molar-refractivity contribution in [1.82, 2.24) is 15.2 Å². The minimum absolute atomic E-state index is 0.0317. The van der Waals surface area contributed by atoms with Crippen molar-refractivity contribution in [1.29, 1.82) is 0 Å². The molecule has 8 nitrogen and oxygen atoms in total. The number of thiazole rings is 1. The number of carbonyl (C=O) groups excluding carboxylic acids is 2. The second-order valence-electron chi connectivity index (χ2n) is 8.61. The molecule has 0 radical (unpaired) electrons. The zero-order valence-corrected chi connectivity index (χ0v) is 20.6. The largest absolute Gasteiger partial charge is 0.480 e. The molecular weight excluding hydrogens is 466 g/mol. The minimum atomic E-state index is -1.09. The highest BCUT2D eigenvalue weighted by Gasteiger charge is 2.29. The van der Waals surface area contributed by atoms with Gasteiger partial charge in [0.25, 0.3) is 5.91 Å². The second-order valence-corrected chi connectivity index (χ2v) is 9.90. The van der Waals surface area contributed by atoms with E-state index >= 15 is 0 Å². The molecule has 2 aromatic carbocycles. The number of aromatic nitrogens is 1. The van der Waals surface area contributed by atoms with E-state index in [1.807, 2.05) is 24.3 Å². The number of nitrogens with one attached hydrogen (secondary N) is 1. The Morgan fingerprint density at radius 2 is 1.69 bits per heavy atom. The van der Waals surface area contributed by atoms with Crippen LogP contribution in [-0.2, 0) is 16.1 Å². The second kappa shape index (κ2) is 10.3. The van der Waals surface area contributed by atoms with Gasteiger partial charge in [-0.2, -0.15) is 0 Å². The Morgan fingerprint density at radius 3 is 2.26 bits per heavy atom. The first kappa shape index (κ1) is 24.4. The number of carboxylic acids is 1. The van der Waals surface area contributed by atoms with Crippen LogP contribution >= 0.6 is 11.3 Å². The van der Waals surface area contributed by atoms with Crippen molar-refractivity contribution in [3.05, 3.63) is 75.2 Å². The number of benzene rings is 2. The Labute approximate surface area is 207 Å². The molecule has 2 amide bonds. The summed E-state index contributed by atoms with van der Waals surface area (Å²) in [6, 6.07) is 16.0. The Balaban J connectivity index is 1.37. The van der Waals surface area contributed by atoms with Gasteiger partial charge >= 0.3 is 12.1 Å². The Hall–Kier alpha value is -3.72. The van der Waals surface area contributed by atoms with E-state index in [1.165, 1.54) is 16.2 Å². The highest BCUT2D eigenvalue weighted by molar-refractivity contribution is 7.11. The van der Waals surface area contributed by atoms with Crippen LogP contribution in [0.2, 0.25) is 0 Å². The van der Waals surface area contributed by atoms with Crippen LogP contribution < -0.4 is 5.32 Å². The summed E-state index contributed by atoms with van der Waals surface area (Å²) in [7, 11) is 0. The summed E-state index contributed by atoms with van der Waals surface area (Å²) in [5.74, 6) is -1.56. The summed E-state index contributed by atoms with van der Waals surface area (Å²) < 4.78 is 5.55. The van der Waals surface area contributed by atoms with Gasteiger partial charge in [0.15, 0.2) is 0 Å². The smallest absolute Gasteiger partial charge is 0.407 e. The summed E-state index contributed by atoms with van der Waals surface area (Å²) in [5.41, 5.74) is 4.79. The highest BCUT2D eigenvalue weighted by atomic mass is 32.1. The fourth-order valence-electron chi connectivity index (χ4n) is 4.29. The van der Waals surface area contributed by atoms with Crippen LogP contribution in [0.15, 0.2) is 48.5 Å². The number of alkyl carbamates (subject to hydrolysis) is 1. The van der Waals surface area contributed by atoms with Crippen molar-refractivity contribution in [2.75, 3.05) is 13.2 Å². The van der Waals surface area contributed by atoms with Gasteiger partial charge in [-0.15, -0.1) is 11.3 Å². The van der Waals surface area contributed by atoms with Crippen LogP contribution in [0.1, 0.15) is 51.3 Å². The summed E-state index contributed by atoms with van der Waals surface area (Å²) >= 11 is 1.28. The van der Waals surface area contributed by atoms with Crippen LogP contribution in [-0.4, -0.2) is 52.2 Å². The molecule has 0 spiro atoms. The number of carbonyl (C=O) groups is 3. The molecule has 182 valence electrons. The first-order chi connectivity index (χ1) is 16.8. The maximum atomic E-state index is 12.8. The number of ether oxygens (including phenoxy) is 1. The third-order valence-corrected chi connectivity index (χ3v) is 6.93. The molecule has 1 heterocycles. The Bertz CT molecular complexity index is 1220. The van der Waals surface area contributed by atoms with Crippen molar-refractivity contribution < 1.29 is 24.2 Å². The molecule has 1 aliphatic rings. The molecule has 0 aliphatic heterocycles. The van der Waals surface area contributed by atoms with Gasteiger partial charge in [-0.05, 0) is 43.0 Å². The number of aryl methyl sites for hydroxylation is 1. The van der Waals surface area contributed by atoms with Crippen molar-refractivity contribution in [3.63, 3.8) is 0 Å². The molecule has 35 heavy (non-hydrogen) atoms. The molecule has 0 unspecified atom stereocenters. The van der Waals surface area contributed by atoms with Crippen LogP contribution in [0.4, 0.5) is 4.79 Å². The molecule has 0 bridgehead atoms. The van der Waals surface area contributed by atoms with Gasteiger partial charge in [0.1, 0.15) is 23.9 Å². The average Bonchev–Trinajstić information content (AvgIpc) is 3.36. The van der Waals surface area contributed by atoms with Crippen molar-refractivity contribution in [2.24, 2.45) is 0 Å². The van der Waals surface area contributed by atoms with E-state index in [9.17, 15) is 14.4 Å². The minimum Gasteiger partial charge on any atom is -0.480 e. The molecular formula is C26H27N3O5S. The fourth-order valence-corrected chi connectivity index (χ4v) is 5.16. The molecule has 2 N–H and O–H groups in total. The normalized spacial score (nSPS) is 12.2. The topological polar surface area (TPSA) is 109 Å². The molecule has 1 aliphatic carbocycles. The number of hydrogen-bond acceptors (Lipinski definition) is 6. The van der Waals surface area contributed by atoms with E-state index in [4.69, 9.17) is 9.84 Å². The summed E-state index contributed by atoms with van der Waals surface area (Å²) in [6.45, 7) is 5.17. The predicted octanol–water partition coefficient (Wildman–Crippen LogP) is 4.43. The van der Waals surface area contributed by atoms with Crippen molar-refractivity contribution in [2.45, 2.75) is 39.3 Å². The van der Waals surface area contributed by atoms with E-state index in [2.05, 4.69) is 34.6 Å². The van der Waals surface area contributed by atoms with E-state index in [0.29, 0.717) is 9.88 Å². The van der Waals surface area contributed by atoms with Gasteiger partial charge < -0.3 is 20.1 Å². The Kier molecular flexibility index (Phi) is 7.16. The van der Waals surface area contributed by atoms with Crippen LogP contribution in [0.5, 0.6) is 0 Å². The number of hydrogen-bond donors (Lipinski definition) is 2. The Morgan fingerprint density at radius 1 is 1.09 bits per heavy atom. The molecule has 9 heteroatoms. The average molecular weight is 494 g/mol. The van der Waals surface area contributed by atoms with Crippen molar-refractivity contribution >= 4 is 29.3 Å². The third-order valence-electron chi connectivity index (χ3n) is 5.96. The van der Waals surface area contributed by atoms with Crippen LogP contribution in [0.3, 0.4) is 0 Å². The molecule has 0 fully saturated rings. The molecule has 1 aromatic heterocycles. The standard InChI is InChI=1S/C26H27N3O5S/c1-15(2)29(13-23(30)31)25(32)24-16(3)35-22(28-24)12-27-26(33)34-14-21-19-10-6-4-8-17(19)18-9-5-7-11-20(18)21/h4-11,15,21H,12-14H2,1-3H3,(H,27,33)(H,30,31). The SMILES string of the molecule is Cc1sc(CNC(=O)OCC2c3ccccc3-c3ccccc32)nc1C(=O)N(CC(=O)O)C(C)C. The molecule has 3 aromatic rings. The lowest BCUT2D eigenvalue weighted by molar-refractivity contribution is -0.138. The fraction of sp³-hybridized carbons (Fsp3) is 0.308. The van der Waals surface area contributed by atoms with E-state index < -0.39 is 24.5 Å². The van der Waals surface area contributed by atoms with Gasteiger partial charge in [0, 0.05) is 16.8 Å². The highest BCUT2D eigenvalue weighted by Crippen LogP contribution is 2.44. The molecule has 0 saturated carbocycles. The summed E-state index contributed by atoms with van der Waals surface area (Å²) in [4.78, 5) is 42.7. The molecule has 0 saturated heterocycles. The zero-order valence-electron chi connectivity index (χ0n) is 19.8. The van der Waals surface area contributed by atoms with E-state index in [-0.39, 0.29) is 30.8 Å². The third kappa shape index (κ3) is 5.19. The van der Waals surface area contributed by atoms with Gasteiger partial charge in [0.2, 0.25) is 0 Å². The molecule has 4 rings (SSSR count). The number of nitrogens with zero attached hydrogens (tertiary/aromatic N) is 2. The molecule has 0 atom stereocenters. The van der Waals surface area contributed by atoms with Gasteiger partial charge in [-0.1, -0.05) is 48.5 Å². The predicted molar refractivity (Wildman–Crippen MR) is 133 cm³/mol. The first-order valence-corrected chi connectivity index (χ1v) is 12.2. The maximum absolute atomic E-state index is 12.8. The van der Waals surface area contributed by atoms with Gasteiger partial charge in [-0.25, -0.2) is 9.78 Å². The van der Waals surface area contributed by atoms with E-state index in [0.717, 1.165) is 22.3 Å². The lowest BCUT2D eigenvalue weighted by atomic mass is 9.98. The van der Waals surface area contributed by atoms with Crippen molar-refractivity contribution in [3.8, 4) is 11.1 Å². The zero-order chi connectivity index (χ0) is 25.1. The summed E-state index contributed by atoms with van der Waals surface area (Å²) in [6.07, 6.45) is -0.567. The van der Waals surface area contributed by atoms with E-state index in [1.54, 1.807) is 20.8 Å². The maximum Gasteiger partial charge on any atom is 0.407 e. The van der Waals surface area contributed by atoms with Gasteiger partial charge in [-0.3, -0.25) is 9.59 Å². The van der Waals surface area contributed by atoms with Gasteiger partial charge in [0.05, 0.1) is 6.54 Å². The number of amides is 2. The number of rotatable bonds is 8. The monoisotopic (exact) mass is 493 g/mol. The first-order valence-electron chi connectivity index (χ1n) is 11.3.